The van der Waals surface area contributed by atoms with Gasteiger partial charge in [-0.05, 0) is 44.3 Å². The number of thiophene rings is 1. The maximum absolute atomic E-state index is 5.96. The van der Waals surface area contributed by atoms with Gasteiger partial charge in [0.1, 0.15) is 0 Å². The van der Waals surface area contributed by atoms with Gasteiger partial charge in [0, 0.05) is 15.4 Å². The Labute approximate surface area is 106 Å². The van der Waals surface area contributed by atoms with E-state index in [9.17, 15) is 0 Å². The Kier molecular flexibility index (Phi) is 6.85. The van der Waals surface area contributed by atoms with Crippen molar-refractivity contribution in [2.45, 2.75) is 25.8 Å². The third kappa shape index (κ3) is 3.88. The number of halogens is 3. The molecular weight excluding hydrogens is 337 g/mol. The molecule has 1 heterocycles. The number of hydrogen-bond acceptors (Lipinski definition) is 2. The quantitative estimate of drug-likeness (QED) is 0.854. The van der Waals surface area contributed by atoms with Crippen LogP contribution in [0.3, 0.4) is 0 Å². The molecule has 0 aliphatic heterocycles. The minimum Gasteiger partial charge on any atom is -0.323 e. The van der Waals surface area contributed by atoms with Gasteiger partial charge in [0.25, 0.3) is 0 Å². The molecule has 0 fully saturated rings. The molecule has 1 atom stereocenters. The second-order valence-electron chi connectivity index (χ2n) is 2.67. The lowest BCUT2D eigenvalue weighted by Crippen LogP contribution is -2.07. The highest BCUT2D eigenvalue weighted by Gasteiger charge is 2.10. The summed E-state index contributed by atoms with van der Waals surface area (Å²) in [5.74, 6) is 0. The average Bonchev–Trinajstić information content (AvgIpc) is 2.33. The number of nitrogens with two attached hydrogens (primary N) is 1. The summed E-state index contributed by atoms with van der Waals surface area (Å²) in [5.41, 5.74) is 5.96. The minimum atomic E-state index is 0. The van der Waals surface area contributed by atoms with Gasteiger partial charge >= 0.3 is 0 Å². The van der Waals surface area contributed by atoms with Gasteiger partial charge in [-0.2, -0.15) is 0 Å². The molecule has 1 aromatic heterocycles. The molecule has 0 bridgehead atoms. The molecule has 0 aliphatic carbocycles. The lowest BCUT2D eigenvalue weighted by Gasteiger charge is -2.05. The molecule has 1 aromatic rings. The SMILES string of the molecule is CCC[C@H](N)c1cc(Br)c(Br)s1.Cl. The molecule has 1 nitrogen and oxygen atoms in total. The van der Waals surface area contributed by atoms with Crippen molar-refractivity contribution in [2.24, 2.45) is 5.73 Å². The summed E-state index contributed by atoms with van der Waals surface area (Å²) in [4.78, 5) is 1.25. The molecule has 1 rings (SSSR count). The third-order valence-corrected chi connectivity index (χ3v) is 5.02. The standard InChI is InChI=1S/C8H11Br2NS.ClH/c1-2-3-6(11)7-4-5(9)8(10)12-7;/h4,6H,2-3,11H2,1H3;1H/t6-;/m0./s1. The Bertz CT molecular complexity index is 245. The van der Waals surface area contributed by atoms with Crippen molar-refractivity contribution in [2.75, 3.05) is 0 Å². The van der Waals surface area contributed by atoms with E-state index in [4.69, 9.17) is 5.73 Å². The van der Waals surface area contributed by atoms with E-state index < -0.39 is 0 Å². The fourth-order valence-electron chi connectivity index (χ4n) is 0.999. The molecule has 0 saturated carbocycles. The fourth-order valence-corrected chi connectivity index (χ4v) is 3.12. The predicted molar refractivity (Wildman–Crippen MR) is 68.8 cm³/mol. The summed E-state index contributed by atoms with van der Waals surface area (Å²) in [6.07, 6.45) is 2.19. The summed E-state index contributed by atoms with van der Waals surface area (Å²) in [5, 5.41) is 0. The van der Waals surface area contributed by atoms with E-state index in [0.29, 0.717) is 0 Å². The van der Waals surface area contributed by atoms with Crippen molar-refractivity contribution in [3.8, 4) is 0 Å². The molecule has 0 aliphatic rings. The smallest absolute Gasteiger partial charge is 0.0843 e. The molecular formula is C8H12Br2ClNS. The summed E-state index contributed by atoms with van der Waals surface area (Å²) in [6, 6.07) is 2.29. The van der Waals surface area contributed by atoms with E-state index in [2.05, 4.69) is 44.8 Å². The van der Waals surface area contributed by atoms with Crippen molar-refractivity contribution < 1.29 is 0 Å². The molecule has 0 aromatic carbocycles. The average molecular weight is 350 g/mol. The normalized spacial score (nSPS) is 12.3. The molecule has 0 saturated heterocycles. The first kappa shape index (κ1) is 13.9. The van der Waals surface area contributed by atoms with E-state index in [0.717, 1.165) is 21.1 Å². The van der Waals surface area contributed by atoms with E-state index in [1.807, 2.05) is 0 Å². The van der Waals surface area contributed by atoms with Crippen LogP contribution in [0, 0.1) is 0 Å². The first-order valence-corrected chi connectivity index (χ1v) is 6.25. The predicted octanol–water partition coefficient (Wildman–Crippen LogP) is 4.49. The van der Waals surface area contributed by atoms with Gasteiger partial charge < -0.3 is 5.73 Å². The first-order valence-electron chi connectivity index (χ1n) is 3.85. The lowest BCUT2D eigenvalue weighted by atomic mass is 10.1. The number of hydrogen-bond donors (Lipinski definition) is 1. The number of rotatable bonds is 3. The molecule has 76 valence electrons. The van der Waals surface area contributed by atoms with Crippen molar-refractivity contribution in [3.63, 3.8) is 0 Å². The maximum Gasteiger partial charge on any atom is 0.0843 e. The molecule has 0 spiro atoms. The molecule has 5 heteroatoms. The van der Waals surface area contributed by atoms with Crippen LogP contribution < -0.4 is 5.73 Å². The summed E-state index contributed by atoms with van der Waals surface area (Å²) in [6.45, 7) is 2.15. The second kappa shape index (κ2) is 6.40. The highest BCUT2D eigenvalue weighted by molar-refractivity contribution is 9.13. The Balaban J connectivity index is 0.00000144. The van der Waals surface area contributed by atoms with Crippen LogP contribution in [0.2, 0.25) is 0 Å². The van der Waals surface area contributed by atoms with Crippen LogP contribution in [0.4, 0.5) is 0 Å². The minimum absolute atomic E-state index is 0. The van der Waals surface area contributed by atoms with E-state index >= 15 is 0 Å². The van der Waals surface area contributed by atoms with Crippen molar-refractivity contribution >= 4 is 55.6 Å². The van der Waals surface area contributed by atoms with Crippen molar-refractivity contribution in [1.82, 2.24) is 0 Å². The van der Waals surface area contributed by atoms with Gasteiger partial charge in [-0.25, -0.2) is 0 Å². The highest BCUT2D eigenvalue weighted by atomic mass is 79.9. The monoisotopic (exact) mass is 347 g/mol. The molecule has 0 radical (unpaired) electrons. The van der Waals surface area contributed by atoms with Crippen LogP contribution in [-0.4, -0.2) is 0 Å². The van der Waals surface area contributed by atoms with Gasteiger partial charge in [0.2, 0.25) is 0 Å². The maximum atomic E-state index is 5.96. The molecule has 2 N–H and O–H groups in total. The van der Waals surface area contributed by atoms with Crippen LogP contribution >= 0.6 is 55.6 Å². The summed E-state index contributed by atoms with van der Waals surface area (Å²) < 4.78 is 2.23. The first-order chi connectivity index (χ1) is 5.65. The zero-order chi connectivity index (χ0) is 9.14. The fraction of sp³-hybridized carbons (Fsp3) is 0.500. The summed E-state index contributed by atoms with van der Waals surface area (Å²) in [7, 11) is 0. The highest BCUT2D eigenvalue weighted by Crippen LogP contribution is 2.35. The van der Waals surface area contributed by atoms with Gasteiger partial charge in [0.15, 0.2) is 0 Å². The van der Waals surface area contributed by atoms with Gasteiger partial charge in [-0.3, -0.25) is 0 Å². The van der Waals surface area contributed by atoms with Crippen molar-refractivity contribution in [3.05, 3.63) is 19.2 Å². The Morgan fingerprint density at radius 2 is 2.15 bits per heavy atom. The van der Waals surface area contributed by atoms with Gasteiger partial charge in [-0.15, -0.1) is 23.7 Å². The van der Waals surface area contributed by atoms with E-state index in [1.165, 1.54) is 4.88 Å². The Morgan fingerprint density at radius 1 is 1.54 bits per heavy atom. The van der Waals surface area contributed by atoms with E-state index in [-0.39, 0.29) is 18.4 Å². The van der Waals surface area contributed by atoms with Crippen LogP contribution in [0.15, 0.2) is 14.3 Å². The Hall–Kier alpha value is 0.910. The Morgan fingerprint density at radius 3 is 2.54 bits per heavy atom. The molecule has 0 unspecified atom stereocenters. The third-order valence-electron chi connectivity index (χ3n) is 1.63. The topological polar surface area (TPSA) is 26.0 Å². The van der Waals surface area contributed by atoms with Crippen LogP contribution in [-0.2, 0) is 0 Å². The van der Waals surface area contributed by atoms with Crippen LogP contribution in [0.1, 0.15) is 30.7 Å². The summed E-state index contributed by atoms with van der Waals surface area (Å²) >= 11 is 8.60. The largest absolute Gasteiger partial charge is 0.323 e. The van der Waals surface area contributed by atoms with Crippen LogP contribution in [0.5, 0.6) is 0 Å². The second-order valence-corrected chi connectivity index (χ2v) is 5.92. The van der Waals surface area contributed by atoms with E-state index in [1.54, 1.807) is 11.3 Å². The molecule has 0 amide bonds. The van der Waals surface area contributed by atoms with Crippen LogP contribution in [0.25, 0.3) is 0 Å². The zero-order valence-corrected chi connectivity index (χ0v) is 12.0. The van der Waals surface area contributed by atoms with Gasteiger partial charge in [-0.1, -0.05) is 13.3 Å². The zero-order valence-electron chi connectivity index (χ0n) is 7.22. The lowest BCUT2D eigenvalue weighted by molar-refractivity contribution is 0.648. The van der Waals surface area contributed by atoms with Gasteiger partial charge in [0.05, 0.1) is 3.79 Å². The molecule has 13 heavy (non-hydrogen) atoms. The van der Waals surface area contributed by atoms with Crippen molar-refractivity contribution in [1.29, 1.82) is 0 Å².